The molecule has 104 valence electrons. The minimum atomic E-state index is 0.655. The Labute approximate surface area is 112 Å². The monoisotopic (exact) mass is 251 g/mol. The van der Waals surface area contributed by atoms with Gasteiger partial charge in [-0.1, -0.05) is 20.8 Å². The van der Waals surface area contributed by atoms with E-state index in [2.05, 4.69) is 37.3 Å². The molecule has 0 aliphatic rings. The zero-order valence-corrected chi connectivity index (χ0v) is 12.4. The molecule has 1 aromatic rings. The van der Waals surface area contributed by atoms with E-state index in [0.717, 1.165) is 18.9 Å². The van der Waals surface area contributed by atoms with Crippen LogP contribution >= 0.6 is 0 Å². The average molecular weight is 251 g/mol. The molecule has 0 saturated heterocycles. The molecule has 3 nitrogen and oxygen atoms in total. The van der Waals surface area contributed by atoms with Gasteiger partial charge in [0.2, 0.25) is 0 Å². The van der Waals surface area contributed by atoms with E-state index in [9.17, 15) is 0 Å². The fraction of sp³-hybridized carbons (Fsp3) is 0.800. The summed E-state index contributed by atoms with van der Waals surface area (Å²) in [5.41, 5.74) is 1.34. The first-order valence-corrected chi connectivity index (χ1v) is 7.33. The van der Waals surface area contributed by atoms with Crippen LogP contribution in [0, 0.1) is 5.92 Å². The van der Waals surface area contributed by atoms with Crippen LogP contribution in [0.1, 0.15) is 52.1 Å². The molecule has 1 aromatic heterocycles. The summed E-state index contributed by atoms with van der Waals surface area (Å²) in [6, 6.07) is 2.78. The molecule has 0 bridgehead atoms. The highest BCUT2D eigenvalue weighted by molar-refractivity contribution is 5.00. The average Bonchev–Trinajstić information content (AvgIpc) is 2.74. The molecule has 1 heterocycles. The number of aryl methyl sites for hydroxylation is 2. The van der Waals surface area contributed by atoms with Gasteiger partial charge in [-0.3, -0.25) is 4.68 Å². The van der Waals surface area contributed by atoms with E-state index < -0.39 is 0 Å². The Morgan fingerprint density at radius 3 is 2.61 bits per heavy atom. The van der Waals surface area contributed by atoms with Crippen LogP contribution in [0.4, 0.5) is 0 Å². The summed E-state index contributed by atoms with van der Waals surface area (Å²) in [6.07, 6.45) is 8.03. The molecule has 0 fully saturated rings. The van der Waals surface area contributed by atoms with Gasteiger partial charge in [0.15, 0.2) is 0 Å². The number of rotatable bonds is 9. The zero-order valence-electron chi connectivity index (χ0n) is 12.4. The van der Waals surface area contributed by atoms with Gasteiger partial charge in [-0.05, 0) is 50.6 Å². The van der Waals surface area contributed by atoms with Gasteiger partial charge in [0.25, 0.3) is 0 Å². The van der Waals surface area contributed by atoms with Crippen LogP contribution in [-0.2, 0) is 13.5 Å². The van der Waals surface area contributed by atoms with E-state index in [-0.39, 0.29) is 0 Å². The molecule has 0 aliphatic heterocycles. The Balaban J connectivity index is 2.37. The number of nitrogens with zero attached hydrogens (tertiary/aromatic N) is 2. The summed E-state index contributed by atoms with van der Waals surface area (Å²) in [5.74, 6) is 0.799. The number of aromatic nitrogens is 2. The maximum absolute atomic E-state index is 4.23. The van der Waals surface area contributed by atoms with Gasteiger partial charge < -0.3 is 5.32 Å². The third-order valence-electron chi connectivity index (χ3n) is 3.45. The van der Waals surface area contributed by atoms with Crippen LogP contribution in [0.15, 0.2) is 12.3 Å². The maximum Gasteiger partial charge on any atom is 0.0492 e. The third kappa shape index (κ3) is 5.67. The van der Waals surface area contributed by atoms with Gasteiger partial charge in [-0.15, -0.1) is 0 Å². The highest BCUT2D eigenvalue weighted by atomic mass is 15.2. The zero-order chi connectivity index (χ0) is 13.4. The molecule has 0 radical (unpaired) electrons. The normalized spacial score (nSPS) is 13.2. The second kappa shape index (κ2) is 8.30. The van der Waals surface area contributed by atoms with Gasteiger partial charge in [0.1, 0.15) is 0 Å². The summed E-state index contributed by atoms with van der Waals surface area (Å²) >= 11 is 0. The highest BCUT2D eigenvalue weighted by Crippen LogP contribution is 2.12. The standard InChI is InChI=1S/C15H29N3/c1-5-11-16-14(7-6-13(2)3)8-9-15-10-12-17-18(15)4/h10,12-14,16H,5-9,11H2,1-4H3. The molecule has 0 aromatic carbocycles. The second-order valence-electron chi connectivity index (χ2n) is 5.61. The quantitative estimate of drug-likeness (QED) is 0.730. The van der Waals surface area contributed by atoms with Crippen molar-refractivity contribution in [2.75, 3.05) is 6.54 Å². The number of hydrogen-bond acceptors (Lipinski definition) is 2. The minimum absolute atomic E-state index is 0.655. The Morgan fingerprint density at radius 1 is 1.28 bits per heavy atom. The lowest BCUT2D eigenvalue weighted by Gasteiger charge is -2.19. The molecule has 18 heavy (non-hydrogen) atoms. The first-order chi connectivity index (χ1) is 8.63. The van der Waals surface area contributed by atoms with Crippen molar-refractivity contribution >= 4 is 0 Å². The molecule has 1 atom stereocenters. The summed E-state index contributed by atoms with van der Waals surface area (Å²) in [7, 11) is 2.03. The lowest BCUT2D eigenvalue weighted by molar-refractivity contribution is 0.407. The summed E-state index contributed by atoms with van der Waals surface area (Å²) in [4.78, 5) is 0. The smallest absolute Gasteiger partial charge is 0.0492 e. The minimum Gasteiger partial charge on any atom is -0.314 e. The second-order valence-corrected chi connectivity index (χ2v) is 5.61. The van der Waals surface area contributed by atoms with E-state index >= 15 is 0 Å². The van der Waals surface area contributed by atoms with Crippen molar-refractivity contribution in [3.05, 3.63) is 18.0 Å². The maximum atomic E-state index is 4.23. The first-order valence-electron chi connectivity index (χ1n) is 7.33. The Morgan fingerprint density at radius 2 is 2.06 bits per heavy atom. The molecule has 0 saturated carbocycles. The van der Waals surface area contributed by atoms with Gasteiger partial charge in [0.05, 0.1) is 0 Å². The van der Waals surface area contributed by atoms with Crippen molar-refractivity contribution in [2.45, 2.75) is 58.9 Å². The van der Waals surface area contributed by atoms with Crippen LogP contribution in [0.25, 0.3) is 0 Å². The highest BCUT2D eigenvalue weighted by Gasteiger charge is 2.10. The Hall–Kier alpha value is -0.830. The summed E-state index contributed by atoms with van der Waals surface area (Å²) in [5, 5.41) is 7.90. The number of hydrogen-bond donors (Lipinski definition) is 1. The van der Waals surface area contributed by atoms with Crippen molar-refractivity contribution in [2.24, 2.45) is 13.0 Å². The fourth-order valence-corrected chi connectivity index (χ4v) is 2.20. The predicted octanol–water partition coefficient (Wildman–Crippen LogP) is 3.16. The summed E-state index contributed by atoms with van der Waals surface area (Å²) < 4.78 is 1.99. The van der Waals surface area contributed by atoms with Crippen molar-refractivity contribution in [1.82, 2.24) is 15.1 Å². The van der Waals surface area contributed by atoms with Crippen molar-refractivity contribution in [3.63, 3.8) is 0 Å². The third-order valence-corrected chi connectivity index (χ3v) is 3.45. The van der Waals surface area contributed by atoms with Gasteiger partial charge in [-0.2, -0.15) is 5.10 Å². The fourth-order valence-electron chi connectivity index (χ4n) is 2.20. The molecule has 0 spiro atoms. The van der Waals surface area contributed by atoms with E-state index in [4.69, 9.17) is 0 Å². The number of nitrogens with one attached hydrogen (secondary N) is 1. The van der Waals surface area contributed by atoms with Crippen LogP contribution in [0.3, 0.4) is 0 Å². The lowest BCUT2D eigenvalue weighted by atomic mass is 9.99. The van der Waals surface area contributed by atoms with Crippen molar-refractivity contribution in [3.8, 4) is 0 Å². The molecule has 1 unspecified atom stereocenters. The van der Waals surface area contributed by atoms with Crippen molar-refractivity contribution < 1.29 is 0 Å². The van der Waals surface area contributed by atoms with Gasteiger partial charge >= 0.3 is 0 Å². The molecule has 0 amide bonds. The molecule has 1 N–H and O–H groups in total. The Kier molecular flexibility index (Phi) is 7.02. The van der Waals surface area contributed by atoms with Crippen LogP contribution in [0.2, 0.25) is 0 Å². The largest absolute Gasteiger partial charge is 0.314 e. The van der Waals surface area contributed by atoms with E-state index in [0.29, 0.717) is 6.04 Å². The molecule has 3 heteroatoms. The molecule has 0 aliphatic carbocycles. The van der Waals surface area contributed by atoms with Gasteiger partial charge in [0, 0.05) is 25.0 Å². The van der Waals surface area contributed by atoms with Gasteiger partial charge in [-0.25, -0.2) is 0 Å². The summed E-state index contributed by atoms with van der Waals surface area (Å²) in [6.45, 7) is 7.97. The SMILES string of the molecule is CCCNC(CCc1ccnn1C)CCC(C)C. The van der Waals surface area contributed by atoms with Crippen molar-refractivity contribution in [1.29, 1.82) is 0 Å². The van der Waals surface area contributed by atoms with Crippen LogP contribution in [0.5, 0.6) is 0 Å². The predicted molar refractivity (Wildman–Crippen MR) is 77.7 cm³/mol. The van der Waals surface area contributed by atoms with E-state index in [1.165, 1.54) is 31.4 Å². The van der Waals surface area contributed by atoms with Crippen LogP contribution < -0.4 is 5.32 Å². The molecular weight excluding hydrogens is 222 g/mol. The molecule has 1 rings (SSSR count). The van der Waals surface area contributed by atoms with E-state index in [1.54, 1.807) is 0 Å². The van der Waals surface area contributed by atoms with Crippen LogP contribution in [-0.4, -0.2) is 22.4 Å². The lowest BCUT2D eigenvalue weighted by Crippen LogP contribution is -2.30. The first kappa shape index (κ1) is 15.2. The Bertz CT molecular complexity index is 317. The van der Waals surface area contributed by atoms with E-state index in [1.807, 2.05) is 17.9 Å². The topological polar surface area (TPSA) is 29.9 Å². The molecular formula is C15H29N3.